The van der Waals surface area contributed by atoms with E-state index in [1.807, 2.05) is 23.6 Å². The van der Waals surface area contributed by atoms with Crippen LogP contribution in [-0.2, 0) is 0 Å². The lowest BCUT2D eigenvalue weighted by Gasteiger charge is -2.03. The summed E-state index contributed by atoms with van der Waals surface area (Å²) in [6, 6.07) is 1.82. The number of aryl methyl sites for hydroxylation is 1. The van der Waals surface area contributed by atoms with Crippen LogP contribution in [0.1, 0.15) is 5.69 Å². The maximum atomic E-state index is 5.73. The Morgan fingerprint density at radius 2 is 2.14 bits per heavy atom. The third-order valence-electron chi connectivity index (χ3n) is 1.92. The second-order valence-corrected chi connectivity index (χ2v) is 2.94. The van der Waals surface area contributed by atoms with Gasteiger partial charge in [-0.1, -0.05) is 0 Å². The van der Waals surface area contributed by atoms with Crippen LogP contribution in [-0.4, -0.2) is 16.5 Å². The first-order valence-corrected chi connectivity index (χ1v) is 3.99. The molecule has 14 heavy (non-hydrogen) atoms. The van der Waals surface area contributed by atoms with Crippen LogP contribution in [0.2, 0.25) is 0 Å². The number of aromatic nitrogens is 2. The van der Waals surface area contributed by atoms with Crippen molar-refractivity contribution in [1.29, 1.82) is 0 Å². The van der Waals surface area contributed by atoms with Crippen molar-refractivity contribution >= 4 is 23.7 Å². The van der Waals surface area contributed by atoms with Gasteiger partial charge in [0.25, 0.3) is 0 Å². The standard InChI is InChI=1S/C9H11N3O.ClH/c1-6-4-12-5-7(10)8(13-2)3-9(12)11-6;/h3-5H,10H2,1-2H3;1H. The molecule has 0 saturated heterocycles. The van der Waals surface area contributed by atoms with Gasteiger partial charge in [0.05, 0.1) is 18.5 Å². The van der Waals surface area contributed by atoms with Crippen LogP contribution < -0.4 is 10.5 Å². The molecule has 0 saturated carbocycles. The predicted octanol–water partition coefficient (Wildman–Crippen LogP) is 1.66. The topological polar surface area (TPSA) is 52.5 Å². The van der Waals surface area contributed by atoms with Gasteiger partial charge in [-0.25, -0.2) is 4.98 Å². The number of nitrogens with zero attached hydrogens (tertiary/aromatic N) is 2. The van der Waals surface area contributed by atoms with Gasteiger partial charge in [-0.15, -0.1) is 12.4 Å². The highest BCUT2D eigenvalue weighted by atomic mass is 35.5. The van der Waals surface area contributed by atoms with Gasteiger partial charge in [0.1, 0.15) is 11.4 Å². The van der Waals surface area contributed by atoms with Crippen LogP contribution in [0.4, 0.5) is 5.69 Å². The lowest BCUT2D eigenvalue weighted by molar-refractivity contribution is 0.417. The van der Waals surface area contributed by atoms with Crippen LogP contribution in [0.25, 0.3) is 5.65 Å². The smallest absolute Gasteiger partial charge is 0.146 e. The highest BCUT2D eigenvalue weighted by Crippen LogP contribution is 2.22. The largest absolute Gasteiger partial charge is 0.494 e. The predicted molar refractivity (Wildman–Crippen MR) is 58.1 cm³/mol. The maximum absolute atomic E-state index is 5.73. The minimum Gasteiger partial charge on any atom is -0.494 e. The van der Waals surface area contributed by atoms with Crippen molar-refractivity contribution in [2.24, 2.45) is 0 Å². The maximum Gasteiger partial charge on any atom is 0.146 e. The Bertz CT molecular complexity index is 452. The molecular formula is C9H12ClN3O. The van der Waals surface area contributed by atoms with Crippen LogP contribution in [0.3, 0.4) is 0 Å². The van der Waals surface area contributed by atoms with Gasteiger partial charge < -0.3 is 14.9 Å². The number of hydrogen-bond acceptors (Lipinski definition) is 3. The van der Waals surface area contributed by atoms with Gasteiger partial charge >= 0.3 is 0 Å². The summed E-state index contributed by atoms with van der Waals surface area (Å²) >= 11 is 0. The Balaban J connectivity index is 0.000000980. The molecule has 2 rings (SSSR count). The first-order valence-electron chi connectivity index (χ1n) is 3.99. The summed E-state index contributed by atoms with van der Waals surface area (Å²) in [7, 11) is 1.60. The van der Waals surface area contributed by atoms with E-state index in [0.717, 1.165) is 11.3 Å². The first-order chi connectivity index (χ1) is 6.20. The molecule has 0 amide bonds. The quantitative estimate of drug-likeness (QED) is 0.784. The molecule has 0 aliphatic carbocycles. The van der Waals surface area contributed by atoms with E-state index in [0.29, 0.717) is 11.4 Å². The zero-order valence-electron chi connectivity index (χ0n) is 8.02. The molecule has 0 bridgehead atoms. The summed E-state index contributed by atoms with van der Waals surface area (Å²) in [6.07, 6.45) is 3.72. The number of anilines is 1. The van der Waals surface area contributed by atoms with E-state index in [1.165, 1.54) is 0 Å². The lowest BCUT2D eigenvalue weighted by Crippen LogP contribution is -1.95. The first kappa shape index (κ1) is 10.7. The Kier molecular flexibility index (Phi) is 2.86. The number of fused-ring (bicyclic) bond motifs is 1. The molecular weight excluding hydrogens is 202 g/mol. The molecule has 0 aromatic carbocycles. The van der Waals surface area contributed by atoms with E-state index in [-0.39, 0.29) is 12.4 Å². The molecule has 0 aliphatic heterocycles. The highest BCUT2D eigenvalue weighted by Gasteiger charge is 2.03. The Labute approximate surface area is 88.1 Å². The van der Waals surface area contributed by atoms with E-state index in [9.17, 15) is 0 Å². The number of ether oxygens (including phenoxy) is 1. The molecule has 0 fully saturated rings. The average Bonchev–Trinajstić information content (AvgIpc) is 2.42. The van der Waals surface area contributed by atoms with Crippen LogP contribution in [0.5, 0.6) is 5.75 Å². The number of imidazole rings is 1. The van der Waals surface area contributed by atoms with Gasteiger partial charge in [0.15, 0.2) is 0 Å². The van der Waals surface area contributed by atoms with E-state index in [1.54, 1.807) is 13.3 Å². The number of nitrogens with two attached hydrogens (primary N) is 1. The molecule has 2 N–H and O–H groups in total. The minimum atomic E-state index is 0. The second-order valence-electron chi connectivity index (χ2n) is 2.94. The third-order valence-corrected chi connectivity index (χ3v) is 1.92. The number of rotatable bonds is 1. The van der Waals surface area contributed by atoms with Gasteiger partial charge in [-0.2, -0.15) is 0 Å². The number of nitrogen functional groups attached to an aromatic ring is 1. The Morgan fingerprint density at radius 1 is 1.43 bits per heavy atom. The van der Waals surface area contributed by atoms with Gasteiger partial charge in [0.2, 0.25) is 0 Å². The molecule has 76 valence electrons. The molecule has 0 aliphatic rings. The van der Waals surface area contributed by atoms with Crippen molar-refractivity contribution in [1.82, 2.24) is 9.38 Å². The van der Waals surface area contributed by atoms with Crippen molar-refractivity contribution in [3.8, 4) is 5.75 Å². The van der Waals surface area contributed by atoms with Crippen LogP contribution in [0.15, 0.2) is 18.5 Å². The van der Waals surface area contributed by atoms with E-state index >= 15 is 0 Å². The fourth-order valence-electron chi connectivity index (χ4n) is 1.34. The fraction of sp³-hybridized carbons (Fsp3) is 0.222. The number of methoxy groups -OCH3 is 1. The zero-order valence-corrected chi connectivity index (χ0v) is 8.84. The molecule has 4 nitrogen and oxygen atoms in total. The van der Waals surface area contributed by atoms with Crippen molar-refractivity contribution in [2.75, 3.05) is 12.8 Å². The van der Waals surface area contributed by atoms with Crippen LogP contribution >= 0.6 is 12.4 Å². The van der Waals surface area contributed by atoms with E-state index < -0.39 is 0 Å². The average molecular weight is 214 g/mol. The fourth-order valence-corrected chi connectivity index (χ4v) is 1.34. The van der Waals surface area contributed by atoms with E-state index in [4.69, 9.17) is 10.5 Å². The second kappa shape index (κ2) is 3.75. The molecule has 0 spiro atoms. The van der Waals surface area contributed by atoms with Gasteiger partial charge in [0, 0.05) is 18.5 Å². The number of pyridine rings is 1. The van der Waals surface area contributed by atoms with Crippen molar-refractivity contribution in [2.45, 2.75) is 6.92 Å². The summed E-state index contributed by atoms with van der Waals surface area (Å²) < 4.78 is 6.97. The number of hydrogen-bond donors (Lipinski definition) is 1. The third kappa shape index (κ3) is 1.61. The monoisotopic (exact) mass is 213 g/mol. The molecule has 0 unspecified atom stereocenters. The van der Waals surface area contributed by atoms with Gasteiger partial charge in [-0.05, 0) is 6.92 Å². The Hall–Kier alpha value is -1.42. The summed E-state index contributed by atoms with van der Waals surface area (Å²) in [5.41, 5.74) is 8.17. The van der Waals surface area contributed by atoms with Crippen molar-refractivity contribution in [3.63, 3.8) is 0 Å². The molecule has 0 atom stereocenters. The summed E-state index contributed by atoms with van der Waals surface area (Å²) in [5, 5.41) is 0. The molecule has 0 radical (unpaired) electrons. The minimum absolute atomic E-state index is 0. The highest BCUT2D eigenvalue weighted by molar-refractivity contribution is 5.85. The van der Waals surface area contributed by atoms with Crippen molar-refractivity contribution < 1.29 is 4.74 Å². The molecule has 2 aromatic rings. The zero-order chi connectivity index (χ0) is 9.42. The normalized spacial score (nSPS) is 9.86. The summed E-state index contributed by atoms with van der Waals surface area (Å²) in [4.78, 5) is 4.29. The SMILES string of the molecule is COc1cc2nc(C)cn2cc1N.Cl. The van der Waals surface area contributed by atoms with Gasteiger partial charge in [-0.3, -0.25) is 0 Å². The summed E-state index contributed by atoms with van der Waals surface area (Å²) in [6.45, 7) is 1.94. The van der Waals surface area contributed by atoms with E-state index in [2.05, 4.69) is 4.98 Å². The molecule has 5 heteroatoms. The molecule has 2 aromatic heterocycles. The lowest BCUT2D eigenvalue weighted by atomic mass is 10.4. The summed E-state index contributed by atoms with van der Waals surface area (Å²) in [5.74, 6) is 0.665. The molecule has 2 heterocycles. The number of halogens is 1. The van der Waals surface area contributed by atoms with Crippen molar-refractivity contribution in [3.05, 3.63) is 24.2 Å². The Morgan fingerprint density at radius 3 is 2.79 bits per heavy atom. The van der Waals surface area contributed by atoms with Crippen LogP contribution in [0, 0.1) is 6.92 Å².